The van der Waals surface area contributed by atoms with E-state index in [4.69, 9.17) is 18.7 Å². The van der Waals surface area contributed by atoms with Gasteiger partial charge in [0.25, 0.3) is 11.5 Å². The van der Waals surface area contributed by atoms with Gasteiger partial charge in [-0.3, -0.25) is 14.2 Å². The Balaban J connectivity index is 0.000000175. The van der Waals surface area contributed by atoms with E-state index in [1.807, 2.05) is 0 Å². The molecule has 0 saturated carbocycles. The number of aromatic nitrogens is 3. The lowest BCUT2D eigenvalue weighted by Gasteiger charge is -2.25. The van der Waals surface area contributed by atoms with Gasteiger partial charge in [0.1, 0.15) is 12.1 Å². The van der Waals surface area contributed by atoms with Gasteiger partial charge in [-0.2, -0.15) is 4.39 Å². The summed E-state index contributed by atoms with van der Waals surface area (Å²) in [7, 11) is 0. The lowest BCUT2D eigenvalue weighted by molar-refractivity contribution is 0.0918. The number of fused-ring (bicyclic) bond motifs is 2. The molecule has 1 amide bonds. The van der Waals surface area contributed by atoms with Crippen molar-refractivity contribution in [3.8, 4) is 17.1 Å². The van der Waals surface area contributed by atoms with Gasteiger partial charge in [-0.25, -0.2) is 31.9 Å². The molecule has 6 rings (SSSR count). The van der Waals surface area contributed by atoms with Crippen LogP contribution in [0.5, 0.6) is 5.75 Å². The molecule has 10 nitrogen and oxygen atoms in total. The fourth-order valence-electron chi connectivity index (χ4n) is 4.65. The second kappa shape index (κ2) is 11.3. The summed E-state index contributed by atoms with van der Waals surface area (Å²) in [6.45, 7) is 5.91. The van der Waals surface area contributed by atoms with Crippen molar-refractivity contribution in [1.82, 2.24) is 19.9 Å². The summed E-state index contributed by atoms with van der Waals surface area (Å²) in [5.41, 5.74) is -1.12. The van der Waals surface area contributed by atoms with Crippen LogP contribution in [0, 0.1) is 48.8 Å². The molecule has 2 aromatic carbocycles. The molecule has 0 fully saturated rings. The molecule has 3 aromatic heterocycles. The van der Waals surface area contributed by atoms with Gasteiger partial charge in [0.05, 0.1) is 23.6 Å². The number of aliphatic hydroxyl groups is 1. The Labute approximate surface area is 242 Å². The van der Waals surface area contributed by atoms with Crippen molar-refractivity contribution in [3.05, 3.63) is 74.9 Å². The number of halogens is 6. The van der Waals surface area contributed by atoms with Gasteiger partial charge in [-0.15, -0.1) is 0 Å². The molecular weight excluding hydrogens is 602 g/mol. The van der Waals surface area contributed by atoms with E-state index < -0.39 is 69.4 Å². The Morgan fingerprint density at radius 2 is 1.68 bits per heavy atom. The van der Waals surface area contributed by atoms with Crippen molar-refractivity contribution in [2.75, 3.05) is 13.2 Å². The Hall–Kier alpha value is -4.86. The van der Waals surface area contributed by atoms with Gasteiger partial charge in [0.15, 0.2) is 69.2 Å². The quantitative estimate of drug-likeness (QED) is 0.162. The zero-order valence-corrected chi connectivity index (χ0v) is 23.3. The third kappa shape index (κ3) is 5.04. The molecule has 2 N–H and O–H groups in total. The van der Waals surface area contributed by atoms with E-state index in [2.05, 4.69) is 15.3 Å². The van der Waals surface area contributed by atoms with Crippen molar-refractivity contribution in [2.24, 2.45) is 0 Å². The Morgan fingerprint density at radius 1 is 1.02 bits per heavy atom. The molecule has 0 aliphatic carbocycles. The number of hydrogen-bond donors (Lipinski definition) is 2. The summed E-state index contributed by atoms with van der Waals surface area (Å²) in [5.74, 6) is -10.9. The Bertz CT molecular complexity index is 2020. The van der Waals surface area contributed by atoms with E-state index in [0.717, 1.165) is 6.07 Å². The van der Waals surface area contributed by atoms with Crippen molar-refractivity contribution >= 4 is 27.9 Å². The highest BCUT2D eigenvalue weighted by Crippen LogP contribution is 2.38. The minimum Gasteiger partial charge on any atom is -0.486 e. The van der Waals surface area contributed by atoms with E-state index in [9.17, 15) is 35.9 Å². The smallest absolute Gasteiger partial charge is 0.281 e. The number of oxazole rings is 2. The van der Waals surface area contributed by atoms with E-state index in [0.29, 0.717) is 12.0 Å². The van der Waals surface area contributed by atoms with Crippen LogP contribution < -0.4 is 15.6 Å². The molecule has 0 bridgehead atoms. The molecule has 232 valence electrons. The van der Waals surface area contributed by atoms with Gasteiger partial charge in [0, 0.05) is 19.9 Å². The van der Waals surface area contributed by atoms with Crippen LogP contribution in [0.3, 0.4) is 0 Å². The first-order valence-electron chi connectivity index (χ1n) is 12.9. The second-order valence-corrected chi connectivity index (χ2v) is 9.96. The highest BCUT2D eigenvalue weighted by molar-refractivity contribution is 6.03. The van der Waals surface area contributed by atoms with Crippen molar-refractivity contribution < 1.29 is 49.8 Å². The largest absolute Gasteiger partial charge is 0.486 e. The van der Waals surface area contributed by atoms with Gasteiger partial charge >= 0.3 is 0 Å². The molecule has 5 aromatic rings. The van der Waals surface area contributed by atoms with Crippen molar-refractivity contribution in [2.45, 2.75) is 39.8 Å². The summed E-state index contributed by atoms with van der Waals surface area (Å²) >= 11 is 0. The van der Waals surface area contributed by atoms with Crippen LogP contribution >= 0.6 is 0 Å². The Morgan fingerprint density at radius 3 is 2.36 bits per heavy atom. The number of aryl methyl sites for hydroxylation is 2. The van der Waals surface area contributed by atoms with E-state index >= 15 is 0 Å². The fraction of sp³-hybridized carbons (Fsp3) is 0.286. The number of hydrogen-bond acceptors (Lipinski definition) is 8. The molecule has 4 heterocycles. The molecule has 44 heavy (non-hydrogen) atoms. The Kier molecular flexibility index (Phi) is 7.88. The predicted molar refractivity (Wildman–Crippen MR) is 141 cm³/mol. The lowest BCUT2D eigenvalue weighted by atomic mass is 10.1. The number of carbonyl (C=O) groups is 1. The monoisotopic (exact) mass is 624 g/mol. The number of nitrogens with zero attached hydrogens (tertiary/aromatic N) is 3. The standard InChI is InChI=1S/C14H12F4N2O3.C14H10F2N2O3/c1-5(4-21)19-14(22)12-13(23-6(2)20-12)7-3-8(15)10(17)11(18)9(7)16;1-5-4-20-13-9(16)8(15)3-7-11(13)18(5)14(19)10-12(7)21-6(2)17-10/h3,5,21H,4H2,1-2H3,(H,19,22);3,5H,4H2,1-2H3/t2*5-/m00/s1. The lowest BCUT2D eigenvalue weighted by Crippen LogP contribution is -2.35. The van der Waals surface area contributed by atoms with Crippen LogP contribution in [-0.2, 0) is 0 Å². The third-order valence-electron chi connectivity index (χ3n) is 6.65. The zero-order chi connectivity index (χ0) is 32.2. The van der Waals surface area contributed by atoms with E-state index in [-0.39, 0.29) is 52.9 Å². The molecule has 2 atom stereocenters. The fourth-order valence-corrected chi connectivity index (χ4v) is 4.65. The maximum absolute atomic E-state index is 13.9. The van der Waals surface area contributed by atoms with Crippen LogP contribution in [0.1, 0.15) is 42.2 Å². The molecule has 1 aliphatic rings. The highest BCUT2D eigenvalue weighted by Gasteiger charge is 2.30. The summed E-state index contributed by atoms with van der Waals surface area (Å²) in [4.78, 5) is 32.4. The van der Waals surface area contributed by atoms with Crippen LogP contribution in [0.4, 0.5) is 26.3 Å². The first-order chi connectivity index (χ1) is 20.7. The van der Waals surface area contributed by atoms with E-state index in [1.165, 1.54) is 18.4 Å². The summed E-state index contributed by atoms with van der Waals surface area (Å²) in [6.07, 6.45) is 0. The van der Waals surface area contributed by atoms with Crippen molar-refractivity contribution in [1.29, 1.82) is 0 Å². The van der Waals surface area contributed by atoms with Gasteiger partial charge < -0.3 is 24.0 Å². The van der Waals surface area contributed by atoms with Crippen LogP contribution in [-0.4, -0.2) is 44.8 Å². The average molecular weight is 624 g/mol. The summed E-state index contributed by atoms with van der Waals surface area (Å²) in [5, 5.41) is 11.5. The SMILES string of the molecule is Cc1nc(C(=O)N[C@@H](C)CO)c(-c2cc(F)c(F)c(F)c2F)o1.Cc1nc2c(=O)n3c4c(c(F)c(F)cc4c2o1)OC[C@@H]3C. The molecule has 0 unspecified atom stereocenters. The number of benzene rings is 2. The average Bonchev–Trinajstić information content (AvgIpc) is 3.57. The summed E-state index contributed by atoms with van der Waals surface area (Å²) in [6, 6.07) is 0.441. The van der Waals surface area contributed by atoms with Crippen LogP contribution in [0.15, 0.2) is 25.8 Å². The maximum atomic E-state index is 13.9. The first-order valence-corrected chi connectivity index (χ1v) is 12.9. The molecule has 0 saturated heterocycles. The van der Waals surface area contributed by atoms with Gasteiger partial charge in [-0.1, -0.05) is 0 Å². The van der Waals surface area contributed by atoms with Crippen LogP contribution in [0.2, 0.25) is 0 Å². The highest BCUT2D eigenvalue weighted by atomic mass is 19.2. The number of pyridine rings is 1. The predicted octanol–water partition coefficient (Wildman–Crippen LogP) is 5.00. The second-order valence-electron chi connectivity index (χ2n) is 9.96. The zero-order valence-electron chi connectivity index (χ0n) is 23.3. The number of amides is 1. The number of ether oxygens (including phenoxy) is 1. The molecular formula is C28H22F6N4O6. The minimum atomic E-state index is -2.02. The molecule has 16 heteroatoms. The first kappa shape index (κ1) is 30.6. The number of nitrogens with one attached hydrogen (secondary N) is 1. The van der Waals surface area contributed by atoms with Gasteiger partial charge in [-0.05, 0) is 26.0 Å². The number of carbonyl (C=O) groups excluding carboxylic acids is 1. The maximum Gasteiger partial charge on any atom is 0.281 e. The molecule has 0 spiro atoms. The third-order valence-corrected chi connectivity index (χ3v) is 6.65. The van der Waals surface area contributed by atoms with Crippen LogP contribution in [0.25, 0.3) is 33.3 Å². The molecule has 1 aliphatic heterocycles. The van der Waals surface area contributed by atoms with Gasteiger partial charge in [0.2, 0.25) is 5.82 Å². The van der Waals surface area contributed by atoms with Crippen molar-refractivity contribution in [3.63, 3.8) is 0 Å². The topological polar surface area (TPSA) is 133 Å². The molecule has 0 radical (unpaired) electrons. The van der Waals surface area contributed by atoms with E-state index in [1.54, 1.807) is 13.8 Å². The summed E-state index contributed by atoms with van der Waals surface area (Å²) < 4.78 is 98.4. The normalized spacial score (nSPS) is 14.8. The number of aliphatic hydroxyl groups excluding tert-OH is 1. The number of rotatable bonds is 4. The minimum absolute atomic E-state index is 0.0636.